The average Bonchev–Trinajstić information content (AvgIpc) is 2.38. The Morgan fingerprint density at radius 3 is 2.45 bits per heavy atom. The highest BCUT2D eigenvalue weighted by Crippen LogP contribution is 2.23. The predicted molar refractivity (Wildman–Crippen MR) is 87.7 cm³/mol. The van der Waals surface area contributed by atoms with Gasteiger partial charge in [0.1, 0.15) is 0 Å². The molecular formula is C14H29Cl2N3O. The van der Waals surface area contributed by atoms with Crippen LogP contribution in [0.2, 0.25) is 0 Å². The van der Waals surface area contributed by atoms with Crippen LogP contribution < -0.4 is 11.1 Å². The van der Waals surface area contributed by atoms with Gasteiger partial charge < -0.3 is 16.0 Å². The first-order valence-electron chi connectivity index (χ1n) is 7.37. The van der Waals surface area contributed by atoms with Crippen molar-refractivity contribution in [1.82, 2.24) is 10.2 Å². The first-order valence-corrected chi connectivity index (χ1v) is 7.37. The maximum Gasteiger partial charge on any atom is 0.223 e. The molecule has 1 aliphatic heterocycles. The van der Waals surface area contributed by atoms with E-state index in [0.717, 1.165) is 45.3 Å². The topological polar surface area (TPSA) is 58.4 Å². The van der Waals surface area contributed by atoms with Crippen molar-refractivity contribution < 1.29 is 4.79 Å². The van der Waals surface area contributed by atoms with Gasteiger partial charge in [-0.1, -0.05) is 6.42 Å². The van der Waals surface area contributed by atoms with Crippen molar-refractivity contribution in [3.05, 3.63) is 0 Å². The summed E-state index contributed by atoms with van der Waals surface area (Å²) in [6.07, 6.45) is 6.50. The molecule has 0 radical (unpaired) electrons. The summed E-state index contributed by atoms with van der Waals surface area (Å²) in [4.78, 5) is 14.4. The molecule has 3 N–H and O–H groups in total. The molecule has 1 saturated carbocycles. The molecule has 2 fully saturated rings. The molecular weight excluding hydrogens is 297 g/mol. The lowest BCUT2D eigenvalue weighted by Crippen LogP contribution is -2.41. The minimum absolute atomic E-state index is 0. The van der Waals surface area contributed by atoms with Crippen LogP contribution in [0, 0.1) is 11.8 Å². The van der Waals surface area contributed by atoms with Crippen molar-refractivity contribution in [3.63, 3.8) is 0 Å². The van der Waals surface area contributed by atoms with Crippen LogP contribution >= 0.6 is 24.8 Å². The number of amides is 1. The standard InChI is InChI=1S/C14H27N3O.2ClH/c1-17-7-5-11(6-8-17)10-16-14(18)12-3-2-4-13(15)9-12;;/h11-13H,2-10,15H2,1H3,(H,16,18);2*1H. The number of rotatable bonds is 3. The van der Waals surface area contributed by atoms with E-state index in [-0.39, 0.29) is 42.7 Å². The van der Waals surface area contributed by atoms with Gasteiger partial charge in [-0.15, -0.1) is 24.8 Å². The van der Waals surface area contributed by atoms with Crippen LogP contribution in [0.15, 0.2) is 0 Å². The summed E-state index contributed by atoms with van der Waals surface area (Å²) in [6.45, 7) is 3.18. The van der Waals surface area contributed by atoms with Gasteiger partial charge in [0, 0.05) is 18.5 Å². The van der Waals surface area contributed by atoms with E-state index in [1.54, 1.807) is 0 Å². The Kier molecular flexibility index (Phi) is 9.81. The maximum atomic E-state index is 12.1. The summed E-state index contributed by atoms with van der Waals surface area (Å²) < 4.78 is 0. The second-order valence-corrected chi connectivity index (χ2v) is 6.12. The van der Waals surface area contributed by atoms with E-state index in [1.807, 2.05) is 0 Å². The van der Waals surface area contributed by atoms with E-state index < -0.39 is 0 Å². The summed E-state index contributed by atoms with van der Waals surface area (Å²) >= 11 is 0. The molecule has 0 spiro atoms. The Hall–Kier alpha value is -0.0300. The highest BCUT2D eigenvalue weighted by atomic mass is 35.5. The van der Waals surface area contributed by atoms with Crippen molar-refractivity contribution in [2.75, 3.05) is 26.7 Å². The number of nitrogens with zero attached hydrogens (tertiary/aromatic N) is 1. The van der Waals surface area contributed by atoms with Crippen LogP contribution in [0.4, 0.5) is 0 Å². The smallest absolute Gasteiger partial charge is 0.223 e. The monoisotopic (exact) mass is 325 g/mol. The largest absolute Gasteiger partial charge is 0.356 e. The molecule has 0 bridgehead atoms. The third-order valence-corrected chi connectivity index (χ3v) is 4.49. The number of nitrogens with two attached hydrogens (primary N) is 1. The van der Waals surface area contributed by atoms with Gasteiger partial charge in [0.15, 0.2) is 0 Å². The number of piperidine rings is 1. The Labute approximate surface area is 135 Å². The quantitative estimate of drug-likeness (QED) is 0.831. The van der Waals surface area contributed by atoms with Crippen LogP contribution in [0.3, 0.4) is 0 Å². The Morgan fingerprint density at radius 2 is 1.85 bits per heavy atom. The first kappa shape index (κ1) is 20.0. The minimum atomic E-state index is 0. The SMILES string of the molecule is CN1CCC(CNC(=O)C2CCCC(N)C2)CC1.Cl.Cl. The van der Waals surface area contributed by atoms with Crippen LogP contribution in [0.25, 0.3) is 0 Å². The average molecular weight is 326 g/mol. The zero-order chi connectivity index (χ0) is 13.0. The fourth-order valence-corrected chi connectivity index (χ4v) is 3.12. The van der Waals surface area contributed by atoms with Crippen molar-refractivity contribution in [1.29, 1.82) is 0 Å². The van der Waals surface area contributed by atoms with Crippen molar-refractivity contribution >= 4 is 30.7 Å². The fourth-order valence-electron chi connectivity index (χ4n) is 3.12. The highest BCUT2D eigenvalue weighted by Gasteiger charge is 2.26. The molecule has 2 aliphatic rings. The second kappa shape index (κ2) is 9.82. The van der Waals surface area contributed by atoms with Crippen molar-refractivity contribution in [2.45, 2.75) is 44.6 Å². The van der Waals surface area contributed by atoms with Gasteiger partial charge in [-0.05, 0) is 58.2 Å². The minimum Gasteiger partial charge on any atom is -0.356 e. The number of carbonyl (C=O) groups excluding carboxylic acids is 1. The van der Waals surface area contributed by atoms with Gasteiger partial charge in [-0.3, -0.25) is 4.79 Å². The van der Waals surface area contributed by atoms with E-state index >= 15 is 0 Å². The zero-order valence-corrected chi connectivity index (χ0v) is 14.0. The van der Waals surface area contributed by atoms with Crippen LogP contribution in [0.1, 0.15) is 38.5 Å². The molecule has 0 aromatic rings. The molecule has 1 amide bonds. The number of hydrogen-bond acceptors (Lipinski definition) is 3. The molecule has 0 aromatic heterocycles. The number of carbonyl (C=O) groups is 1. The molecule has 20 heavy (non-hydrogen) atoms. The Morgan fingerprint density at radius 1 is 1.20 bits per heavy atom. The highest BCUT2D eigenvalue weighted by molar-refractivity contribution is 5.85. The summed E-state index contributed by atoms with van der Waals surface area (Å²) in [6, 6.07) is 0.234. The van der Waals surface area contributed by atoms with E-state index in [0.29, 0.717) is 5.92 Å². The van der Waals surface area contributed by atoms with Gasteiger partial charge >= 0.3 is 0 Å². The fraction of sp³-hybridized carbons (Fsp3) is 0.929. The van der Waals surface area contributed by atoms with Gasteiger partial charge in [-0.25, -0.2) is 0 Å². The summed E-state index contributed by atoms with van der Waals surface area (Å²) in [7, 11) is 2.16. The number of nitrogens with one attached hydrogen (secondary N) is 1. The lowest BCUT2D eigenvalue weighted by atomic mass is 9.85. The van der Waals surface area contributed by atoms with Crippen LogP contribution in [-0.4, -0.2) is 43.5 Å². The number of halogens is 2. The summed E-state index contributed by atoms with van der Waals surface area (Å²) in [5.74, 6) is 1.08. The van der Waals surface area contributed by atoms with E-state index in [2.05, 4.69) is 17.3 Å². The normalized spacial score (nSPS) is 28.1. The van der Waals surface area contributed by atoms with Gasteiger partial charge in [0.2, 0.25) is 5.91 Å². The summed E-state index contributed by atoms with van der Waals surface area (Å²) in [5, 5.41) is 3.14. The van der Waals surface area contributed by atoms with Crippen molar-refractivity contribution in [3.8, 4) is 0 Å². The molecule has 4 nitrogen and oxygen atoms in total. The molecule has 1 saturated heterocycles. The molecule has 0 aromatic carbocycles. The maximum absolute atomic E-state index is 12.1. The van der Waals surface area contributed by atoms with Gasteiger partial charge in [0.05, 0.1) is 0 Å². The third kappa shape index (κ3) is 6.17. The number of likely N-dealkylation sites (tertiary alicyclic amines) is 1. The summed E-state index contributed by atoms with van der Waals surface area (Å²) in [5.41, 5.74) is 5.93. The molecule has 6 heteroatoms. The third-order valence-electron chi connectivity index (χ3n) is 4.49. The van der Waals surface area contributed by atoms with E-state index in [4.69, 9.17) is 5.73 Å². The van der Waals surface area contributed by atoms with Gasteiger partial charge in [0.25, 0.3) is 0 Å². The molecule has 2 unspecified atom stereocenters. The first-order chi connectivity index (χ1) is 8.65. The number of hydrogen-bond donors (Lipinski definition) is 2. The molecule has 2 atom stereocenters. The zero-order valence-electron chi connectivity index (χ0n) is 12.3. The lowest BCUT2D eigenvalue weighted by molar-refractivity contribution is -0.126. The van der Waals surface area contributed by atoms with E-state index in [1.165, 1.54) is 12.8 Å². The molecule has 120 valence electrons. The molecule has 2 rings (SSSR count). The Balaban J connectivity index is 0.00000180. The van der Waals surface area contributed by atoms with Crippen LogP contribution in [-0.2, 0) is 4.79 Å². The van der Waals surface area contributed by atoms with Crippen molar-refractivity contribution in [2.24, 2.45) is 17.6 Å². The second-order valence-electron chi connectivity index (χ2n) is 6.12. The van der Waals surface area contributed by atoms with E-state index in [9.17, 15) is 4.79 Å². The predicted octanol–water partition coefficient (Wildman–Crippen LogP) is 1.81. The van der Waals surface area contributed by atoms with Gasteiger partial charge in [-0.2, -0.15) is 0 Å². The molecule has 1 aliphatic carbocycles. The van der Waals surface area contributed by atoms with Crippen LogP contribution in [0.5, 0.6) is 0 Å². The molecule has 1 heterocycles. The lowest BCUT2D eigenvalue weighted by Gasteiger charge is -2.30. The Bertz CT molecular complexity index is 284.